The topological polar surface area (TPSA) is 78.4 Å². The number of rotatable bonds is 5. The summed E-state index contributed by atoms with van der Waals surface area (Å²) in [6, 6.07) is 6.76. The maximum atomic E-state index is 12.1. The van der Waals surface area contributed by atoms with Crippen LogP contribution in [-0.2, 0) is 4.79 Å². The van der Waals surface area contributed by atoms with Crippen LogP contribution in [0, 0.1) is 0 Å². The Hall–Kier alpha value is -1.88. The molecule has 0 unspecified atom stereocenters. The summed E-state index contributed by atoms with van der Waals surface area (Å²) in [5.74, 6) is -0.313. The van der Waals surface area contributed by atoms with Crippen molar-refractivity contribution in [3.63, 3.8) is 0 Å². The molecule has 1 aliphatic carbocycles. The molecule has 22 heavy (non-hydrogen) atoms. The van der Waals surface area contributed by atoms with Crippen LogP contribution < -0.4 is 10.6 Å². The molecule has 0 aromatic heterocycles. The monoisotopic (exact) mass is 304 g/mol. The Morgan fingerprint density at radius 1 is 1.14 bits per heavy atom. The van der Waals surface area contributed by atoms with Crippen LogP contribution in [0.25, 0.3) is 0 Å². The third kappa shape index (κ3) is 4.56. The van der Waals surface area contributed by atoms with E-state index in [9.17, 15) is 14.7 Å². The van der Waals surface area contributed by atoms with Crippen LogP contribution in [0.4, 0.5) is 5.69 Å². The fourth-order valence-corrected chi connectivity index (χ4v) is 2.86. The Kier molecular flexibility index (Phi) is 5.55. The molecule has 0 saturated heterocycles. The van der Waals surface area contributed by atoms with Crippen molar-refractivity contribution < 1.29 is 14.7 Å². The number of aliphatic hydroxyl groups is 1. The van der Waals surface area contributed by atoms with E-state index in [1.165, 1.54) is 0 Å². The van der Waals surface area contributed by atoms with E-state index in [-0.39, 0.29) is 18.2 Å². The standard InChI is InChI=1S/C17H24N2O3/c1-2-18-16(21)13-6-8-14(9-7-13)19-15(20)12-17(22)10-4-3-5-11-17/h6-9,22H,2-5,10-12H2,1H3,(H,18,21)(H,19,20). The summed E-state index contributed by atoms with van der Waals surface area (Å²) in [6.45, 7) is 2.44. The molecule has 5 nitrogen and oxygen atoms in total. The van der Waals surface area contributed by atoms with Crippen molar-refractivity contribution >= 4 is 17.5 Å². The molecule has 0 radical (unpaired) electrons. The van der Waals surface area contributed by atoms with E-state index < -0.39 is 5.60 Å². The second-order valence-corrected chi connectivity index (χ2v) is 5.95. The molecule has 3 N–H and O–H groups in total. The highest BCUT2D eigenvalue weighted by molar-refractivity contribution is 5.95. The number of carbonyl (C=O) groups is 2. The third-order valence-corrected chi connectivity index (χ3v) is 4.04. The number of carbonyl (C=O) groups excluding carboxylic acids is 2. The molecule has 120 valence electrons. The number of benzene rings is 1. The molecule has 0 atom stereocenters. The largest absolute Gasteiger partial charge is 0.389 e. The van der Waals surface area contributed by atoms with Crippen molar-refractivity contribution in [2.45, 2.75) is 51.0 Å². The molecule has 5 heteroatoms. The normalized spacial score (nSPS) is 16.8. The van der Waals surface area contributed by atoms with Crippen molar-refractivity contribution in [2.75, 3.05) is 11.9 Å². The molecule has 0 spiro atoms. The van der Waals surface area contributed by atoms with Gasteiger partial charge < -0.3 is 15.7 Å². The zero-order valence-electron chi connectivity index (χ0n) is 13.0. The van der Waals surface area contributed by atoms with E-state index in [1.807, 2.05) is 6.92 Å². The van der Waals surface area contributed by atoms with E-state index in [2.05, 4.69) is 10.6 Å². The minimum atomic E-state index is -0.858. The van der Waals surface area contributed by atoms with Gasteiger partial charge >= 0.3 is 0 Å². The quantitative estimate of drug-likeness (QED) is 0.782. The van der Waals surface area contributed by atoms with Gasteiger partial charge in [0, 0.05) is 17.8 Å². The zero-order valence-corrected chi connectivity index (χ0v) is 13.0. The Morgan fingerprint density at radius 2 is 1.77 bits per heavy atom. The predicted octanol–water partition coefficient (Wildman–Crippen LogP) is 2.46. The number of hydrogen-bond donors (Lipinski definition) is 3. The van der Waals surface area contributed by atoms with Gasteiger partial charge in [0.1, 0.15) is 0 Å². The molecule has 1 fully saturated rings. The van der Waals surface area contributed by atoms with Gasteiger partial charge in [0.2, 0.25) is 5.91 Å². The molecular formula is C17H24N2O3. The highest BCUT2D eigenvalue weighted by Gasteiger charge is 2.31. The van der Waals surface area contributed by atoms with Gasteiger partial charge in [0.05, 0.1) is 12.0 Å². The lowest BCUT2D eigenvalue weighted by Gasteiger charge is -2.31. The number of anilines is 1. The van der Waals surface area contributed by atoms with Crippen molar-refractivity contribution in [3.05, 3.63) is 29.8 Å². The molecule has 1 saturated carbocycles. The van der Waals surface area contributed by atoms with Crippen molar-refractivity contribution in [2.24, 2.45) is 0 Å². The molecular weight excluding hydrogens is 280 g/mol. The molecule has 2 amide bonds. The Balaban J connectivity index is 1.90. The van der Waals surface area contributed by atoms with Crippen LogP contribution in [0.2, 0.25) is 0 Å². The first-order chi connectivity index (χ1) is 10.5. The van der Waals surface area contributed by atoms with Crippen molar-refractivity contribution in [1.29, 1.82) is 0 Å². The van der Waals surface area contributed by atoms with Gasteiger partial charge in [-0.15, -0.1) is 0 Å². The summed E-state index contributed by atoms with van der Waals surface area (Å²) < 4.78 is 0. The number of nitrogens with one attached hydrogen (secondary N) is 2. The third-order valence-electron chi connectivity index (χ3n) is 4.04. The minimum Gasteiger partial charge on any atom is -0.389 e. The second kappa shape index (κ2) is 7.40. The average molecular weight is 304 g/mol. The first kappa shape index (κ1) is 16.5. The second-order valence-electron chi connectivity index (χ2n) is 5.95. The SMILES string of the molecule is CCNC(=O)c1ccc(NC(=O)CC2(O)CCCCC2)cc1. The summed E-state index contributed by atoms with van der Waals surface area (Å²) in [5, 5.41) is 15.9. The Morgan fingerprint density at radius 3 is 2.36 bits per heavy atom. The van der Waals surface area contributed by atoms with Gasteiger partial charge in [-0.3, -0.25) is 9.59 Å². The first-order valence-corrected chi connectivity index (χ1v) is 7.93. The van der Waals surface area contributed by atoms with Crippen LogP contribution in [0.1, 0.15) is 55.8 Å². The van der Waals surface area contributed by atoms with Crippen LogP contribution in [0.3, 0.4) is 0 Å². The maximum absolute atomic E-state index is 12.1. The summed E-state index contributed by atoms with van der Waals surface area (Å²) in [4.78, 5) is 23.7. The fraction of sp³-hybridized carbons (Fsp3) is 0.529. The average Bonchev–Trinajstić information content (AvgIpc) is 2.48. The number of amides is 2. The lowest BCUT2D eigenvalue weighted by molar-refractivity contribution is -0.122. The van der Waals surface area contributed by atoms with E-state index in [1.54, 1.807) is 24.3 Å². The van der Waals surface area contributed by atoms with Gasteiger partial charge in [-0.2, -0.15) is 0 Å². The summed E-state index contributed by atoms with van der Waals surface area (Å²) in [5.41, 5.74) is 0.340. The zero-order chi connectivity index (χ0) is 16.0. The molecule has 1 aliphatic rings. The molecule has 0 aliphatic heterocycles. The van der Waals surface area contributed by atoms with Gasteiger partial charge in [-0.05, 0) is 44.0 Å². The maximum Gasteiger partial charge on any atom is 0.251 e. The first-order valence-electron chi connectivity index (χ1n) is 7.93. The molecule has 0 bridgehead atoms. The van der Waals surface area contributed by atoms with Crippen molar-refractivity contribution in [3.8, 4) is 0 Å². The smallest absolute Gasteiger partial charge is 0.251 e. The highest BCUT2D eigenvalue weighted by atomic mass is 16.3. The fourth-order valence-electron chi connectivity index (χ4n) is 2.86. The van der Waals surface area contributed by atoms with E-state index in [0.717, 1.165) is 19.3 Å². The minimum absolute atomic E-state index is 0.128. The van der Waals surface area contributed by atoms with Gasteiger partial charge in [0.15, 0.2) is 0 Å². The van der Waals surface area contributed by atoms with E-state index >= 15 is 0 Å². The van der Waals surface area contributed by atoms with Crippen LogP contribution in [0.15, 0.2) is 24.3 Å². The van der Waals surface area contributed by atoms with Gasteiger partial charge in [0.25, 0.3) is 5.91 Å². The predicted molar refractivity (Wildman–Crippen MR) is 85.7 cm³/mol. The lowest BCUT2D eigenvalue weighted by Crippen LogP contribution is -2.35. The van der Waals surface area contributed by atoms with E-state index in [4.69, 9.17) is 0 Å². The summed E-state index contributed by atoms with van der Waals surface area (Å²) in [6.07, 6.45) is 4.60. The van der Waals surface area contributed by atoms with Crippen LogP contribution >= 0.6 is 0 Å². The molecule has 1 aromatic carbocycles. The summed E-state index contributed by atoms with van der Waals surface area (Å²) in [7, 11) is 0. The Labute approximate surface area is 131 Å². The summed E-state index contributed by atoms with van der Waals surface area (Å²) >= 11 is 0. The Bertz CT molecular complexity index is 519. The van der Waals surface area contributed by atoms with Crippen LogP contribution in [0.5, 0.6) is 0 Å². The molecule has 2 rings (SSSR count). The van der Waals surface area contributed by atoms with Crippen LogP contribution in [-0.4, -0.2) is 29.1 Å². The molecule has 0 heterocycles. The van der Waals surface area contributed by atoms with E-state index in [0.29, 0.717) is 30.6 Å². The lowest BCUT2D eigenvalue weighted by atomic mass is 9.82. The van der Waals surface area contributed by atoms with Crippen molar-refractivity contribution in [1.82, 2.24) is 5.32 Å². The highest BCUT2D eigenvalue weighted by Crippen LogP contribution is 2.31. The van der Waals surface area contributed by atoms with Gasteiger partial charge in [-0.25, -0.2) is 0 Å². The molecule has 1 aromatic rings. The number of hydrogen-bond acceptors (Lipinski definition) is 3. The van der Waals surface area contributed by atoms with Gasteiger partial charge in [-0.1, -0.05) is 19.3 Å².